The molecule has 10 heteroatoms. The molecule has 1 fully saturated rings. The molecule has 4 N–H and O–H groups in total. The number of thioether (sulfide) groups is 1. The van der Waals surface area contributed by atoms with Crippen LogP contribution in [0.25, 0.3) is 0 Å². The Kier molecular flexibility index (Phi) is 4.37. The van der Waals surface area contributed by atoms with Crippen LogP contribution in [0.1, 0.15) is 13.8 Å². The van der Waals surface area contributed by atoms with Crippen molar-refractivity contribution in [1.82, 2.24) is 20.5 Å². The van der Waals surface area contributed by atoms with Crippen molar-refractivity contribution in [1.29, 1.82) is 0 Å². The van der Waals surface area contributed by atoms with Gasteiger partial charge in [0, 0.05) is 13.1 Å². The molecule has 0 aromatic heterocycles. The summed E-state index contributed by atoms with van der Waals surface area (Å²) < 4.78 is 0. The SMILES string of the molecule is CC(C)N1C(SCC(=O)NN)=NC2C1C(=O)NC(=O)N2C. The summed E-state index contributed by atoms with van der Waals surface area (Å²) in [6, 6.07) is -1.05. The lowest BCUT2D eigenvalue weighted by atomic mass is 10.1. The average Bonchev–Trinajstić information content (AvgIpc) is 2.82. The maximum Gasteiger partial charge on any atom is 0.325 e. The summed E-state index contributed by atoms with van der Waals surface area (Å²) in [7, 11) is 1.58. The van der Waals surface area contributed by atoms with E-state index < -0.39 is 18.2 Å². The molecule has 2 rings (SSSR count). The van der Waals surface area contributed by atoms with Gasteiger partial charge in [0.1, 0.15) is 0 Å². The van der Waals surface area contributed by atoms with E-state index >= 15 is 0 Å². The number of amidine groups is 1. The molecule has 2 heterocycles. The van der Waals surface area contributed by atoms with Gasteiger partial charge in [-0.2, -0.15) is 0 Å². The number of nitrogens with one attached hydrogen (secondary N) is 2. The van der Waals surface area contributed by atoms with Crippen molar-refractivity contribution in [3.63, 3.8) is 0 Å². The van der Waals surface area contributed by atoms with Gasteiger partial charge >= 0.3 is 6.03 Å². The van der Waals surface area contributed by atoms with Gasteiger partial charge in [-0.3, -0.25) is 20.3 Å². The minimum absolute atomic E-state index is 0.000426. The molecule has 0 spiro atoms. The number of hydrazine groups is 1. The van der Waals surface area contributed by atoms with Crippen molar-refractivity contribution in [2.75, 3.05) is 12.8 Å². The third-order valence-electron chi connectivity index (χ3n) is 3.31. The molecule has 2 aliphatic heterocycles. The van der Waals surface area contributed by atoms with Gasteiger partial charge in [0.2, 0.25) is 5.91 Å². The van der Waals surface area contributed by atoms with Crippen LogP contribution in [0.15, 0.2) is 4.99 Å². The molecule has 0 saturated carbocycles. The van der Waals surface area contributed by atoms with Crippen LogP contribution < -0.4 is 16.6 Å². The second kappa shape index (κ2) is 5.90. The summed E-state index contributed by atoms with van der Waals surface area (Å²) in [5, 5.41) is 2.86. The van der Waals surface area contributed by atoms with Gasteiger partial charge in [0.25, 0.3) is 5.91 Å². The molecule has 2 unspecified atom stereocenters. The summed E-state index contributed by atoms with van der Waals surface area (Å²) in [6.07, 6.45) is -0.572. The minimum Gasteiger partial charge on any atom is -0.333 e. The van der Waals surface area contributed by atoms with Crippen molar-refractivity contribution in [3.05, 3.63) is 0 Å². The zero-order valence-electron chi connectivity index (χ0n) is 12.0. The normalized spacial score (nSPS) is 24.9. The van der Waals surface area contributed by atoms with Crippen molar-refractivity contribution < 1.29 is 14.4 Å². The van der Waals surface area contributed by atoms with E-state index in [0.29, 0.717) is 5.17 Å². The predicted molar refractivity (Wildman–Crippen MR) is 78.1 cm³/mol. The van der Waals surface area contributed by atoms with Crippen molar-refractivity contribution in [2.24, 2.45) is 10.8 Å². The highest BCUT2D eigenvalue weighted by molar-refractivity contribution is 8.14. The molecule has 1 saturated heterocycles. The number of fused-ring (bicyclic) bond motifs is 1. The Morgan fingerprint density at radius 1 is 1.52 bits per heavy atom. The maximum absolute atomic E-state index is 12.1. The molecule has 21 heavy (non-hydrogen) atoms. The van der Waals surface area contributed by atoms with Gasteiger partial charge < -0.3 is 9.80 Å². The fourth-order valence-corrected chi connectivity index (χ4v) is 3.29. The first-order valence-electron chi connectivity index (χ1n) is 6.42. The van der Waals surface area contributed by atoms with Crippen LogP contribution in [0, 0.1) is 0 Å². The third kappa shape index (κ3) is 2.81. The predicted octanol–water partition coefficient (Wildman–Crippen LogP) is -1.33. The minimum atomic E-state index is -0.573. The number of carbonyl (C=O) groups is 3. The van der Waals surface area contributed by atoms with Crippen molar-refractivity contribution in [2.45, 2.75) is 32.1 Å². The van der Waals surface area contributed by atoms with Crippen LogP contribution in [-0.4, -0.2) is 63.9 Å². The molecule has 0 aromatic carbocycles. The monoisotopic (exact) mass is 314 g/mol. The fraction of sp³-hybridized carbons (Fsp3) is 0.636. The van der Waals surface area contributed by atoms with Gasteiger partial charge in [-0.1, -0.05) is 11.8 Å². The summed E-state index contributed by atoms with van der Waals surface area (Å²) >= 11 is 1.19. The number of aliphatic imine (C=N–C) groups is 1. The maximum atomic E-state index is 12.1. The number of likely N-dealkylation sites (N-methyl/N-ethyl adjacent to an activating group) is 1. The highest BCUT2D eigenvalue weighted by Crippen LogP contribution is 2.29. The van der Waals surface area contributed by atoms with Crippen LogP contribution in [0.2, 0.25) is 0 Å². The van der Waals surface area contributed by atoms with Gasteiger partial charge in [0.15, 0.2) is 17.4 Å². The molecule has 4 amide bonds. The first-order chi connectivity index (χ1) is 9.86. The zero-order valence-corrected chi connectivity index (χ0v) is 12.8. The zero-order chi connectivity index (χ0) is 15.7. The number of hydrogen-bond donors (Lipinski definition) is 3. The summed E-state index contributed by atoms with van der Waals surface area (Å²) in [5.41, 5.74) is 2.04. The molecule has 2 atom stereocenters. The first-order valence-corrected chi connectivity index (χ1v) is 7.41. The Hall–Kier alpha value is -1.81. The van der Waals surface area contributed by atoms with Crippen LogP contribution in [-0.2, 0) is 9.59 Å². The van der Waals surface area contributed by atoms with Crippen LogP contribution in [0.5, 0.6) is 0 Å². The number of imide groups is 1. The number of rotatable bonds is 3. The molecule has 0 bridgehead atoms. The smallest absolute Gasteiger partial charge is 0.325 e. The lowest BCUT2D eigenvalue weighted by Gasteiger charge is -2.37. The number of urea groups is 1. The van der Waals surface area contributed by atoms with Crippen LogP contribution in [0.4, 0.5) is 4.79 Å². The highest BCUT2D eigenvalue weighted by atomic mass is 32.2. The first kappa shape index (κ1) is 15.6. The van der Waals surface area contributed by atoms with E-state index in [1.807, 2.05) is 24.2 Å². The lowest BCUT2D eigenvalue weighted by molar-refractivity contribution is -0.127. The van der Waals surface area contributed by atoms with Crippen molar-refractivity contribution >= 4 is 34.8 Å². The van der Waals surface area contributed by atoms with Crippen molar-refractivity contribution in [3.8, 4) is 0 Å². The Labute approximate surface area is 126 Å². The van der Waals surface area contributed by atoms with E-state index in [0.717, 1.165) is 0 Å². The standard InChI is InChI=1S/C11H18N6O3S/c1-5(2)17-7-8(16(3)10(20)14-9(7)19)13-11(17)21-4-6(18)15-12/h5,7-8H,4,12H2,1-3H3,(H,15,18)(H,14,19,20). The number of nitrogens with zero attached hydrogens (tertiary/aromatic N) is 3. The third-order valence-corrected chi connectivity index (χ3v) is 4.29. The van der Waals surface area contributed by atoms with Crippen LogP contribution >= 0.6 is 11.8 Å². The summed E-state index contributed by atoms with van der Waals surface area (Å²) in [5.74, 6) is 4.43. The summed E-state index contributed by atoms with van der Waals surface area (Å²) in [4.78, 5) is 42.7. The van der Waals surface area contributed by atoms with Gasteiger partial charge in [0.05, 0.1) is 5.75 Å². The molecular weight excluding hydrogens is 296 g/mol. The topological polar surface area (TPSA) is 120 Å². The Balaban J connectivity index is 2.24. The Morgan fingerprint density at radius 3 is 2.76 bits per heavy atom. The van der Waals surface area contributed by atoms with E-state index in [1.54, 1.807) is 7.05 Å². The molecular formula is C11H18N6O3S. The number of carbonyl (C=O) groups excluding carboxylic acids is 3. The molecule has 0 aliphatic carbocycles. The second-order valence-corrected chi connectivity index (χ2v) is 5.98. The molecule has 0 aromatic rings. The van der Waals surface area contributed by atoms with E-state index in [9.17, 15) is 14.4 Å². The second-order valence-electron chi connectivity index (χ2n) is 5.03. The average molecular weight is 314 g/mol. The molecule has 2 aliphatic rings. The van der Waals surface area contributed by atoms with Crippen LogP contribution in [0.3, 0.4) is 0 Å². The quantitative estimate of drug-likeness (QED) is 0.337. The summed E-state index contributed by atoms with van der Waals surface area (Å²) in [6.45, 7) is 3.84. The Morgan fingerprint density at radius 2 is 2.19 bits per heavy atom. The van der Waals surface area contributed by atoms with Gasteiger partial charge in [-0.15, -0.1) is 0 Å². The largest absolute Gasteiger partial charge is 0.333 e. The fourth-order valence-electron chi connectivity index (χ4n) is 2.29. The van der Waals surface area contributed by atoms with E-state index in [4.69, 9.17) is 5.84 Å². The van der Waals surface area contributed by atoms with E-state index in [2.05, 4.69) is 10.3 Å². The van der Waals surface area contributed by atoms with Gasteiger partial charge in [-0.25, -0.2) is 15.6 Å². The van der Waals surface area contributed by atoms with Gasteiger partial charge in [-0.05, 0) is 13.8 Å². The highest BCUT2D eigenvalue weighted by Gasteiger charge is 2.49. The Bertz CT molecular complexity index is 508. The molecule has 9 nitrogen and oxygen atoms in total. The number of hydrogen-bond acceptors (Lipinski definition) is 7. The molecule has 116 valence electrons. The lowest BCUT2D eigenvalue weighted by Crippen LogP contribution is -2.64. The number of nitrogens with two attached hydrogens (primary N) is 1. The molecule has 0 radical (unpaired) electrons. The van der Waals surface area contributed by atoms with E-state index in [1.165, 1.54) is 16.7 Å². The number of amides is 4. The van der Waals surface area contributed by atoms with E-state index in [-0.39, 0.29) is 23.6 Å².